The van der Waals surface area contributed by atoms with Crippen LogP contribution in [0.3, 0.4) is 0 Å². The lowest BCUT2D eigenvalue weighted by Gasteiger charge is -2.20. The van der Waals surface area contributed by atoms with Crippen molar-refractivity contribution in [1.29, 1.82) is 0 Å². The van der Waals surface area contributed by atoms with Crippen LogP contribution in [-0.4, -0.2) is 52.6 Å². The number of hydrogen-bond acceptors (Lipinski definition) is 9. The molecule has 25 heavy (non-hydrogen) atoms. The van der Waals surface area contributed by atoms with Crippen LogP contribution in [0.25, 0.3) is 0 Å². The Morgan fingerprint density at radius 2 is 1.64 bits per heavy atom. The van der Waals surface area contributed by atoms with Gasteiger partial charge in [0.05, 0.1) is 19.0 Å². The van der Waals surface area contributed by atoms with E-state index in [1.807, 2.05) is 0 Å². The van der Waals surface area contributed by atoms with Gasteiger partial charge in [-0.15, -0.1) is 0 Å². The minimum Gasteiger partial charge on any atom is -0.481 e. The maximum atomic E-state index is 11.5. The molecule has 136 valence electrons. The molecule has 0 saturated heterocycles. The van der Waals surface area contributed by atoms with Crippen LogP contribution in [0.15, 0.2) is 12.3 Å². The Hall–Kier alpha value is -3.37. The molecule has 1 aromatic rings. The molecule has 3 N–H and O–H groups in total. The van der Waals surface area contributed by atoms with Gasteiger partial charge in [-0.3, -0.25) is 19.2 Å². The third-order valence-corrected chi connectivity index (χ3v) is 2.64. The summed E-state index contributed by atoms with van der Waals surface area (Å²) >= 11 is 0. The number of hydrogen-bond donors (Lipinski definition) is 3. The van der Waals surface area contributed by atoms with Gasteiger partial charge in [0, 0.05) is 6.07 Å². The van der Waals surface area contributed by atoms with Crippen molar-refractivity contribution in [3.05, 3.63) is 17.8 Å². The van der Waals surface area contributed by atoms with Crippen molar-refractivity contribution in [3.63, 3.8) is 0 Å². The van der Waals surface area contributed by atoms with Crippen LogP contribution in [0.1, 0.15) is 18.4 Å². The minimum atomic E-state index is -1.73. The lowest BCUT2D eigenvalue weighted by molar-refractivity contribution is -0.184. The van der Waals surface area contributed by atoms with Crippen LogP contribution < -0.4 is 10.1 Å². The normalized spacial score (nSPS) is 10.0. The molecule has 0 spiro atoms. The number of aryl methyl sites for hydroxylation is 1. The predicted octanol–water partition coefficient (Wildman–Crippen LogP) is 0.130. The number of methoxy groups -OCH3 is 1. The molecule has 0 fully saturated rings. The van der Waals surface area contributed by atoms with Crippen LogP contribution in [-0.2, 0) is 28.7 Å². The van der Waals surface area contributed by atoms with E-state index >= 15 is 0 Å². The van der Waals surface area contributed by atoms with Gasteiger partial charge in [0.15, 0.2) is 0 Å². The van der Waals surface area contributed by atoms with Crippen molar-refractivity contribution in [1.82, 2.24) is 4.98 Å². The fraction of sp³-hybridized carbons (Fsp3) is 0.357. The van der Waals surface area contributed by atoms with Gasteiger partial charge in [-0.2, -0.15) is 0 Å². The number of pyridine rings is 1. The second-order valence-corrected chi connectivity index (χ2v) is 4.64. The number of nitrogens with zero attached hydrogens (tertiary/aromatic N) is 1. The second kappa shape index (κ2) is 9.05. The number of carboxylic acids is 2. The molecule has 0 aliphatic heterocycles. The second-order valence-electron chi connectivity index (χ2n) is 4.64. The van der Waals surface area contributed by atoms with Crippen LogP contribution in [0.2, 0.25) is 0 Å². The van der Waals surface area contributed by atoms with E-state index in [1.54, 1.807) is 6.92 Å². The van der Waals surface area contributed by atoms with Crippen LogP contribution in [0, 0.1) is 6.92 Å². The monoisotopic (exact) mass is 356 g/mol. The van der Waals surface area contributed by atoms with Gasteiger partial charge < -0.3 is 29.7 Å². The summed E-state index contributed by atoms with van der Waals surface area (Å²) in [6.45, 7) is 1.65. The summed E-state index contributed by atoms with van der Waals surface area (Å²) in [5, 5.41) is 19.6. The molecule has 0 unspecified atom stereocenters. The first-order chi connectivity index (χ1) is 11.7. The van der Waals surface area contributed by atoms with Gasteiger partial charge in [0.2, 0.25) is 5.88 Å². The van der Waals surface area contributed by atoms with Crippen molar-refractivity contribution < 1.29 is 43.6 Å². The average molecular weight is 356 g/mol. The molecular weight excluding hydrogens is 340 g/mol. The van der Waals surface area contributed by atoms with Crippen LogP contribution in [0.4, 0.5) is 5.69 Å². The number of rotatable bonds is 9. The highest BCUT2D eigenvalue weighted by Gasteiger charge is 2.22. The molecule has 0 aliphatic carbocycles. The first-order valence-corrected chi connectivity index (χ1v) is 6.81. The Bertz CT molecular complexity index is 644. The number of ether oxygens (including phenoxy) is 3. The SMILES string of the molecule is COc1cc(C)c(NC(OC(=O)CC(=O)O)OC(=O)CC(=O)O)cn1. The zero-order valence-corrected chi connectivity index (χ0v) is 13.3. The molecule has 0 aromatic carbocycles. The number of aliphatic carboxylic acids is 2. The lowest BCUT2D eigenvalue weighted by atomic mass is 10.2. The summed E-state index contributed by atoms with van der Waals surface area (Å²) in [6, 6.07) is 1.54. The molecule has 1 aromatic heterocycles. The van der Waals surface area contributed by atoms with Gasteiger partial charge in [-0.05, 0) is 12.5 Å². The number of anilines is 1. The van der Waals surface area contributed by atoms with Gasteiger partial charge >= 0.3 is 30.3 Å². The summed E-state index contributed by atoms with van der Waals surface area (Å²) < 4.78 is 14.3. The van der Waals surface area contributed by atoms with E-state index < -0.39 is 43.1 Å². The molecule has 0 radical (unpaired) electrons. The zero-order valence-electron chi connectivity index (χ0n) is 13.3. The van der Waals surface area contributed by atoms with Crippen LogP contribution >= 0.6 is 0 Å². The lowest BCUT2D eigenvalue weighted by Crippen LogP contribution is -2.33. The molecule has 1 heterocycles. The van der Waals surface area contributed by atoms with Gasteiger partial charge in [0.1, 0.15) is 12.8 Å². The maximum Gasteiger partial charge on any atom is 0.329 e. The smallest absolute Gasteiger partial charge is 0.329 e. The molecule has 11 heteroatoms. The van der Waals surface area contributed by atoms with Crippen molar-refractivity contribution in [2.75, 3.05) is 12.4 Å². The topological polar surface area (TPSA) is 161 Å². The van der Waals surface area contributed by atoms with E-state index in [1.165, 1.54) is 19.4 Å². The molecular formula is C14H16N2O9. The number of carboxylic acid groups (broad SMARTS) is 2. The van der Waals surface area contributed by atoms with Gasteiger partial charge in [-0.25, -0.2) is 4.98 Å². The Morgan fingerprint density at radius 1 is 1.12 bits per heavy atom. The largest absolute Gasteiger partial charge is 0.481 e. The number of aromatic nitrogens is 1. The molecule has 0 amide bonds. The van der Waals surface area contributed by atoms with Crippen molar-refractivity contribution in [2.45, 2.75) is 26.2 Å². The molecule has 11 nitrogen and oxygen atoms in total. The van der Waals surface area contributed by atoms with Crippen molar-refractivity contribution >= 4 is 29.6 Å². The summed E-state index contributed by atoms with van der Waals surface area (Å²) in [7, 11) is 1.42. The maximum absolute atomic E-state index is 11.5. The highest BCUT2D eigenvalue weighted by Crippen LogP contribution is 2.19. The Morgan fingerprint density at radius 3 is 2.04 bits per heavy atom. The molecule has 0 saturated carbocycles. The number of esters is 2. The third kappa shape index (κ3) is 7.16. The number of nitrogens with one attached hydrogen (secondary N) is 1. The summed E-state index contributed by atoms with van der Waals surface area (Å²) in [6.07, 6.45) is -2.35. The first kappa shape index (κ1) is 19.7. The number of carbonyl (C=O) groups is 4. The van der Waals surface area contributed by atoms with Gasteiger partial charge in [0.25, 0.3) is 0 Å². The van der Waals surface area contributed by atoms with Crippen molar-refractivity contribution in [3.8, 4) is 5.88 Å². The Balaban J connectivity index is 2.89. The van der Waals surface area contributed by atoms with E-state index in [2.05, 4.69) is 10.3 Å². The van der Waals surface area contributed by atoms with E-state index in [0.717, 1.165) is 0 Å². The quantitative estimate of drug-likeness (QED) is 0.313. The fourth-order valence-corrected chi connectivity index (χ4v) is 1.57. The molecule has 0 bridgehead atoms. The summed E-state index contributed by atoms with van der Waals surface area (Å²) in [5.74, 6) is -4.95. The highest BCUT2D eigenvalue weighted by molar-refractivity contribution is 5.91. The molecule has 1 rings (SSSR count). The molecule has 0 atom stereocenters. The summed E-state index contributed by atoms with van der Waals surface area (Å²) in [5.41, 5.74) is 0.873. The third-order valence-electron chi connectivity index (χ3n) is 2.64. The van der Waals surface area contributed by atoms with Crippen LogP contribution in [0.5, 0.6) is 5.88 Å². The number of carbonyl (C=O) groups excluding carboxylic acids is 2. The first-order valence-electron chi connectivity index (χ1n) is 6.81. The van der Waals surface area contributed by atoms with E-state index in [-0.39, 0.29) is 5.69 Å². The average Bonchev–Trinajstić information content (AvgIpc) is 2.47. The minimum absolute atomic E-state index is 0.289. The van der Waals surface area contributed by atoms with E-state index in [4.69, 9.17) is 24.4 Å². The Labute approximate surface area is 141 Å². The van der Waals surface area contributed by atoms with Crippen molar-refractivity contribution in [2.24, 2.45) is 0 Å². The molecule has 0 aliphatic rings. The standard InChI is InChI=1S/C14H16N2O9/c1-7-3-9(23-2)15-6-8(7)16-14(24-12(21)4-10(17)18)25-13(22)5-11(19)20/h3,6,14,16H,4-5H2,1-2H3,(H,17,18)(H,19,20). The zero-order chi connectivity index (χ0) is 19.0. The summed E-state index contributed by atoms with van der Waals surface area (Å²) in [4.78, 5) is 47.8. The highest BCUT2D eigenvalue weighted by atomic mass is 16.7. The fourth-order valence-electron chi connectivity index (χ4n) is 1.57. The Kier molecular flexibility index (Phi) is 7.13. The predicted molar refractivity (Wildman–Crippen MR) is 79.6 cm³/mol. The van der Waals surface area contributed by atoms with Gasteiger partial charge in [-0.1, -0.05) is 0 Å². The van der Waals surface area contributed by atoms with E-state index in [9.17, 15) is 19.2 Å². The van der Waals surface area contributed by atoms with E-state index in [0.29, 0.717) is 11.4 Å².